The first-order valence-electron chi connectivity index (χ1n) is 8.01. The third-order valence-corrected chi connectivity index (χ3v) is 4.60. The highest BCUT2D eigenvalue weighted by Crippen LogP contribution is 2.22. The summed E-state index contributed by atoms with van der Waals surface area (Å²) in [7, 11) is 0. The number of aryl methyl sites for hydroxylation is 2. The van der Waals surface area contributed by atoms with Crippen molar-refractivity contribution >= 4 is 11.8 Å². The van der Waals surface area contributed by atoms with Crippen LogP contribution in [0.3, 0.4) is 0 Å². The lowest BCUT2D eigenvalue weighted by Crippen LogP contribution is -1.90. The van der Waals surface area contributed by atoms with Crippen molar-refractivity contribution in [3.8, 4) is 0 Å². The second kappa shape index (κ2) is 8.66. The van der Waals surface area contributed by atoms with E-state index in [-0.39, 0.29) is 6.61 Å². The van der Waals surface area contributed by atoms with Crippen LogP contribution in [0.2, 0.25) is 0 Å². The molecule has 0 radical (unpaired) electrons. The minimum absolute atomic E-state index is 0.0728. The fourth-order valence-corrected chi connectivity index (χ4v) is 3.11. The van der Waals surface area contributed by atoms with Gasteiger partial charge < -0.3 is 9.52 Å². The Morgan fingerprint density at radius 2 is 1.58 bits per heavy atom. The zero-order valence-electron chi connectivity index (χ0n) is 13.4. The van der Waals surface area contributed by atoms with Crippen LogP contribution in [0.25, 0.3) is 0 Å². The van der Waals surface area contributed by atoms with Gasteiger partial charge in [0.15, 0.2) is 0 Å². The zero-order valence-corrected chi connectivity index (χ0v) is 14.2. The van der Waals surface area contributed by atoms with E-state index >= 15 is 0 Å². The van der Waals surface area contributed by atoms with Gasteiger partial charge in [0.25, 0.3) is 5.22 Å². The highest BCUT2D eigenvalue weighted by atomic mass is 32.2. The molecule has 124 valence electrons. The van der Waals surface area contributed by atoms with Gasteiger partial charge in [-0.1, -0.05) is 66.4 Å². The maximum atomic E-state index is 9.04. The molecule has 5 heteroatoms. The summed E-state index contributed by atoms with van der Waals surface area (Å²) in [5.41, 5.74) is 3.42. The number of rotatable bonds is 8. The topological polar surface area (TPSA) is 59.2 Å². The van der Waals surface area contributed by atoms with E-state index in [2.05, 4.69) is 34.5 Å². The molecule has 4 nitrogen and oxygen atoms in total. The van der Waals surface area contributed by atoms with Gasteiger partial charge in [-0.25, -0.2) is 0 Å². The number of thioether (sulfide) groups is 1. The third-order valence-electron chi connectivity index (χ3n) is 3.72. The molecule has 24 heavy (non-hydrogen) atoms. The molecule has 0 saturated carbocycles. The molecule has 3 aromatic rings. The molecule has 0 amide bonds. The van der Waals surface area contributed by atoms with E-state index in [4.69, 9.17) is 9.52 Å². The van der Waals surface area contributed by atoms with Gasteiger partial charge in [0.2, 0.25) is 5.89 Å². The minimum Gasteiger partial charge on any atom is -0.416 e. The van der Waals surface area contributed by atoms with Gasteiger partial charge in [0.05, 0.1) is 6.61 Å². The molecule has 0 spiro atoms. The molecule has 2 aromatic carbocycles. The third kappa shape index (κ3) is 4.94. The van der Waals surface area contributed by atoms with Crippen LogP contribution in [0.1, 0.15) is 29.0 Å². The van der Waals surface area contributed by atoms with Crippen molar-refractivity contribution in [2.75, 3.05) is 0 Å². The Hall–Kier alpha value is -2.11. The fourth-order valence-electron chi connectivity index (χ4n) is 2.37. The van der Waals surface area contributed by atoms with Crippen molar-refractivity contribution in [2.24, 2.45) is 0 Å². The summed E-state index contributed by atoms with van der Waals surface area (Å²) in [6, 6.07) is 18.3. The summed E-state index contributed by atoms with van der Waals surface area (Å²) in [4.78, 5) is 0. The molecular formula is C19H20N2O2S. The van der Waals surface area contributed by atoms with E-state index in [0.717, 1.165) is 30.6 Å². The summed E-state index contributed by atoms with van der Waals surface area (Å²) >= 11 is 1.53. The number of nitrogens with zero attached hydrogens (tertiary/aromatic N) is 2. The van der Waals surface area contributed by atoms with Gasteiger partial charge in [-0.05, 0) is 29.5 Å². The van der Waals surface area contributed by atoms with Crippen molar-refractivity contribution in [3.63, 3.8) is 0 Å². The number of aliphatic hydroxyl groups is 1. The highest BCUT2D eigenvalue weighted by Gasteiger charge is 2.07. The van der Waals surface area contributed by atoms with Crippen molar-refractivity contribution in [1.82, 2.24) is 10.2 Å². The van der Waals surface area contributed by atoms with Crippen LogP contribution < -0.4 is 0 Å². The summed E-state index contributed by atoms with van der Waals surface area (Å²) in [5.74, 6) is 1.47. The summed E-state index contributed by atoms with van der Waals surface area (Å²) in [5, 5.41) is 17.9. The Labute approximate surface area is 145 Å². The lowest BCUT2D eigenvalue weighted by atomic mass is 10.1. The largest absolute Gasteiger partial charge is 0.416 e. The number of benzene rings is 2. The van der Waals surface area contributed by atoms with Gasteiger partial charge >= 0.3 is 0 Å². The Kier molecular flexibility index (Phi) is 6.04. The van der Waals surface area contributed by atoms with Crippen molar-refractivity contribution in [1.29, 1.82) is 0 Å². The SMILES string of the molecule is OCc1ccc(CSc2nnc(CCCc3ccccc3)o2)cc1. The van der Waals surface area contributed by atoms with Gasteiger partial charge in [-0.2, -0.15) is 0 Å². The van der Waals surface area contributed by atoms with Gasteiger partial charge in [-0.15, -0.1) is 10.2 Å². The molecule has 0 fully saturated rings. The number of aromatic nitrogens is 2. The zero-order chi connectivity index (χ0) is 16.6. The van der Waals surface area contributed by atoms with Crippen molar-refractivity contribution in [2.45, 2.75) is 36.8 Å². The average molecular weight is 340 g/mol. The number of hydrogen-bond acceptors (Lipinski definition) is 5. The van der Waals surface area contributed by atoms with Crippen LogP contribution in [0.15, 0.2) is 64.2 Å². The molecule has 0 aliphatic rings. The van der Waals surface area contributed by atoms with Gasteiger partial charge in [-0.3, -0.25) is 0 Å². The molecule has 0 aliphatic heterocycles. The minimum atomic E-state index is 0.0728. The smallest absolute Gasteiger partial charge is 0.276 e. The van der Waals surface area contributed by atoms with Crippen LogP contribution in [0.5, 0.6) is 0 Å². The van der Waals surface area contributed by atoms with E-state index in [9.17, 15) is 0 Å². The lowest BCUT2D eigenvalue weighted by Gasteiger charge is -2.00. The molecule has 0 unspecified atom stereocenters. The number of aliphatic hydroxyl groups excluding tert-OH is 1. The van der Waals surface area contributed by atoms with Crippen molar-refractivity contribution in [3.05, 3.63) is 77.2 Å². The van der Waals surface area contributed by atoms with Crippen LogP contribution in [0, 0.1) is 0 Å². The lowest BCUT2D eigenvalue weighted by molar-refractivity contribution is 0.282. The standard InChI is InChI=1S/C19H20N2O2S/c22-13-16-9-11-17(12-10-16)14-24-19-21-20-18(23-19)8-4-7-15-5-2-1-3-6-15/h1-3,5-6,9-12,22H,4,7-8,13-14H2. The Balaban J connectivity index is 1.44. The predicted octanol–water partition coefficient (Wildman–Crippen LogP) is 4.03. The molecule has 1 heterocycles. The second-order valence-electron chi connectivity index (χ2n) is 5.56. The Morgan fingerprint density at radius 3 is 2.33 bits per heavy atom. The van der Waals surface area contributed by atoms with Gasteiger partial charge in [0.1, 0.15) is 0 Å². The monoisotopic (exact) mass is 340 g/mol. The van der Waals surface area contributed by atoms with Gasteiger partial charge in [0, 0.05) is 12.2 Å². The summed E-state index contributed by atoms with van der Waals surface area (Å²) in [6.07, 6.45) is 2.81. The molecule has 1 aromatic heterocycles. The van der Waals surface area contributed by atoms with E-state index in [0.29, 0.717) is 11.1 Å². The Morgan fingerprint density at radius 1 is 0.833 bits per heavy atom. The molecular weight excluding hydrogens is 320 g/mol. The van der Waals surface area contributed by atoms with Crippen LogP contribution >= 0.6 is 11.8 Å². The molecule has 3 rings (SSSR count). The fraction of sp³-hybridized carbons (Fsp3) is 0.263. The quantitative estimate of drug-likeness (QED) is 0.627. The predicted molar refractivity (Wildman–Crippen MR) is 94.7 cm³/mol. The van der Waals surface area contributed by atoms with E-state index in [1.54, 1.807) is 0 Å². The van der Waals surface area contributed by atoms with Crippen LogP contribution in [0.4, 0.5) is 0 Å². The summed E-state index contributed by atoms with van der Waals surface area (Å²) in [6.45, 7) is 0.0728. The van der Waals surface area contributed by atoms with E-state index in [1.165, 1.54) is 22.9 Å². The molecule has 1 N–H and O–H groups in total. The molecule has 0 aliphatic carbocycles. The first kappa shape index (κ1) is 16.7. The number of hydrogen-bond donors (Lipinski definition) is 1. The maximum Gasteiger partial charge on any atom is 0.276 e. The second-order valence-corrected chi connectivity index (χ2v) is 6.49. The van der Waals surface area contributed by atoms with E-state index < -0.39 is 0 Å². The van der Waals surface area contributed by atoms with Crippen LogP contribution in [-0.2, 0) is 25.2 Å². The van der Waals surface area contributed by atoms with Crippen LogP contribution in [-0.4, -0.2) is 15.3 Å². The molecule has 0 saturated heterocycles. The van der Waals surface area contributed by atoms with Crippen molar-refractivity contribution < 1.29 is 9.52 Å². The normalized spacial score (nSPS) is 10.9. The molecule has 0 bridgehead atoms. The maximum absolute atomic E-state index is 9.04. The summed E-state index contributed by atoms with van der Waals surface area (Å²) < 4.78 is 5.69. The highest BCUT2D eigenvalue weighted by molar-refractivity contribution is 7.98. The molecule has 0 atom stereocenters. The first-order valence-corrected chi connectivity index (χ1v) is 9.00. The van der Waals surface area contributed by atoms with E-state index in [1.807, 2.05) is 30.3 Å². The first-order chi connectivity index (χ1) is 11.8. The average Bonchev–Trinajstić information content (AvgIpc) is 3.09. The Bertz CT molecular complexity index is 742.